The average molecular weight is 320 g/mol. The normalized spacial score (nSPS) is 12.4. The van der Waals surface area contributed by atoms with E-state index in [0.29, 0.717) is 5.02 Å². The minimum Gasteiger partial charge on any atom is -0.374 e. The van der Waals surface area contributed by atoms with Gasteiger partial charge in [-0.15, -0.1) is 0 Å². The lowest BCUT2D eigenvalue weighted by atomic mass is 10.2. The van der Waals surface area contributed by atoms with Gasteiger partial charge in [-0.2, -0.15) is 10.2 Å². The second kappa shape index (κ2) is 7.09. The summed E-state index contributed by atoms with van der Waals surface area (Å²) in [5.74, 6) is -0.238. The number of aromatic nitrogens is 2. The smallest absolute Gasteiger partial charge is 0.262 e. The number of nitrogens with zero attached hydrogens (tertiary/aromatic N) is 3. The number of anilines is 1. The van der Waals surface area contributed by atoms with Gasteiger partial charge in [-0.3, -0.25) is 9.48 Å². The highest BCUT2D eigenvalue weighted by Crippen LogP contribution is 2.15. The Morgan fingerprint density at radius 2 is 2.27 bits per heavy atom. The lowest BCUT2D eigenvalue weighted by Crippen LogP contribution is -2.34. The standard InChI is InChI=1S/C15H18ClN5O/c1-10-12(9-21(3)20-10)8-17-19-15(22)11(2)18-14-6-4-5-13(16)7-14/h4-9,11,18H,1-3H3,(H,19,22)/b17-8-/t11-/m1/s1. The van der Waals surface area contributed by atoms with Gasteiger partial charge in [0, 0.05) is 29.5 Å². The number of aryl methyl sites for hydroxylation is 2. The van der Waals surface area contributed by atoms with Gasteiger partial charge in [0.2, 0.25) is 0 Å². The number of hydrogen-bond acceptors (Lipinski definition) is 4. The zero-order valence-electron chi connectivity index (χ0n) is 12.7. The summed E-state index contributed by atoms with van der Waals surface area (Å²) >= 11 is 5.90. The van der Waals surface area contributed by atoms with E-state index in [1.165, 1.54) is 0 Å². The van der Waals surface area contributed by atoms with E-state index in [2.05, 4.69) is 20.9 Å². The summed E-state index contributed by atoms with van der Waals surface area (Å²) in [6.07, 6.45) is 3.41. The number of halogens is 1. The molecule has 116 valence electrons. The minimum atomic E-state index is -0.439. The summed E-state index contributed by atoms with van der Waals surface area (Å²) < 4.78 is 1.70. The topological polar surface area (TPSA) is 71.3 Å². The minimum absolute atomic E-state index is 0.238. The first-order valence-corrected chi connectivity index (χ1v) is 7.19. The first-order chi connectivity index (χ1) is 10.5. The fraction of sp³-hybridized carbons (Fsp3) is 0.267. The first kappa shape index (κ1) is 16.0. The quantitative estimate of drug-likeness (QED) is 0.656. The Bertz CT molecular complexity index is 695. The molecule has 7 heteroatoms. The van der Waals surface area contributed by atoms with E-state index < -0.39 is 6.04 Å². The zero-order valence-corrected chi connectivity index (χ0v) is 13.4. The predicted molar refractivity (Wildman–Crippen MR) is 88.2 cm³/mol. The van der Waals surface area contributed by atoms with E-state index in [1.807, 2.05) is 32.3 Å². The lowest BCUT2D eigenvalue weighted by Gasteiger charge is -2.13. The number of carbonyl (C=O) groups excluding carboxylic acids is 1. The highest BCUT2D eigenvalue weighted by Gasteiger charge is 2.11. The second-order valence-corrected chi connectivity index (χ2v) is 5.39. The van der Waals surface area contributed by atoms with Crippen LogP contribution in [0.15, 0.2) is 35.6 Å². The molecule has 0 spiro atoms. The van der Waals surface area contributed by atoms with Gasteiger partial charge in [0.25, 0.3) is 5.91 Å². The zero-order chi connectivity index (χ0) is 16.1. The van der Waals surface area contributed by atoms with Gasteiger partial charge in [-0.25, -0.2) is 5.43 Å². The Balaban J connectivity index is 1.90. The molecule has 0 aliphatic heterocycles. The van der Waals surface area contributed by atoms with Crippen molar-refractivity contribution >= 4 is 29.4 Å². The molecule has 1 aromatic heterocycles. The molecule has 0 saturated carbocycles. The van der Waals surface area contributed by atoms with Gasteiger partial charge in [0.05, 0.1) is 11.9 Å². The maximum Gasteiger partial charge on any atom is 0.262 e. The monoisotopic (exact) mass is 319 g/mol. The van der Waals surface area contributed by atoms with E-state index in [1.54, 1.807) is 30.0 Å². The predicted octanol–water partition coefficient (Wildman–Crippen LogP) is 2.33. The lowest BCUT2D eigenvalue weighted by molar-refractivity contribution is -0.121. The maximum atomic E-state index is 12.0. The van der Waals surface area contributed by atoms with Crippen molar-refractivity contribution in [2.45, 2.75) is 19.9 Å². The molecule has 6 nitrogen and oxygen atoms in total. The fourth-order valence-electron chi connectivity index (χ4n) is 1.90. The van der Waals surface area contributed by atoms with Crippen LogP contribution in [0.4, 0.5) is 5.69 Å². The number of carbonyl (C=O) groups is 1. The molecular weight excluding hydrogens is 302 g/mol. The Morgan fingerprint density at radius 1 is 1.50 bits per heavy atom. The maximum absolute atomic E-state index is 12.0. The van der Waals surface area contributed by atoms with Crippen LogP contribution < -0.4 is 10.7 Å². The molecule has 22 heavy (non-hydrogen) atoms. The van der Waals surface area contributed by atoms with Gasteiger partial charge in [0.1, 0.15) is 6.04 Å². The molecule has 2 rings (SSSR count). The van der Waals surface area contributed by atoms with E-state index >= 15 is 0 Å². The van der Waals surface area contributed by atoms with Crippen molar-refractivity contribution in [2.24, 2.45) is 12.1 Å². The Morgan fingerprint density at radius 3 is 2.91 bits per heavy atom. The average Bonchev–Trinajstić information content (AvgIpc) is 2.77. The third-order valence-corrected chi connectivity index (χ3v) is 3.27. The van der Waals surface area contributed by atoms with Crippen molar-refractivity contribution < 1.29 is 4.79 Å². The third-order valence-electron chi connectivity index (χ3n) is 3.03. The van der Waals surface area contributed by atoms with Crippen LogP contribution in [0.25, 0.3) is 0 Å². The first-order valence-electron chi connectivity index (χ1n) is 6.81. The number of nitrogens with one attached hydrogen (secondary N) is 2. The molecule has 0 aliphatic rings. The molecule has 2 N–H and O–H groups in total. The number of hydrogen-bond donors (Lipinski definition) is 2. The third kappa shape index (κ3) is 4.33. The van der Waals surface area contributed by atoms with Crippen LogP contribution in [0.2, 0.25) is 5.02 Å². The molecule has 2 aromatic rings. The van der Waals surface area contributed by atoms with Crippen molar-refractivity contribution in [1.29, 1.82) is 0 Å². The Labute approximate surface area is 134 Å². The van der Waals surface area contributed by atoms with E-state index in [-0.39, 0.29) is 5.91 Å². The molecular formula is C15H18ClN5O. The fourth-order valence-corrected chi connectivity index (χ4v) is 2.09. The second-order valence-electron chi connectivity index (χ2n) is 4.95. The van der Waals surface area contributed by atoms with Gasteiger partial charge >= 0.3 is 0 Å². The van der Waals surface area contributed by atoms with E-state index in [4.69, 9.17) is 11.6 Å². The van der Waals surface area contributed by atoms with Gasteiger partial charge < -0.3 is 5.32 Å². The van der Waals surface area contributed by atoms with Crippen LogP contribution in [-0.2, 0) is 11.8 Å². The highest BCUT2D eigenvalue weighted by molar-refractivity contribution is 6.30. The molecule has 1 heterocycles. The molecule has 1 amide bonds. The van der Waals surface area contributed by atoms with Crippen LogP contribution in [0.5, 0.6) is 0 Å². The molecule has 0 radical (unpaired) electrons. The number of amides is 1. The summed E-state index contributed by atoms with van der Waals surface area (Å²) in [7, 11) is 1.83. The number of hydrazone groups is 1. The van der Waals surface area contributed by atoms with Gasteiger partial charge in [0.15, 0.2) is 0 Å². The van der Waals surface area contributed by atoms with Crippen molar-refractivity contribution in [3.05, 3.63) is 46.7 Å². The molecule has 0 fully saturated rings. The Kier molecular flexibility index (Phi) is 5.16. The summed E-state index contributed by atoms with van der Waals surface area (Å²) in [6.45, 7) is 3.63. The molecule has 0 saturated heterocycles. The van der Waals surface area contributed by atoms with Crippen LogP contribution >= 0.6 is 11.6 Å². The number of rotatable bonds is 5. The van der Waals surface area contributed by atoms with Crippen molar-refractivity contribution in [3.8, 4) is 0 Å². The summed E-state index contributed by atoms with van der Waals surface area (Å²) in [5.41, 5.74) is 4.99. The van der Waals surface area contributed by atoms with Crippen molar-refractivity contribution in [3.63, 3.8) is 0 Å². The molecule has 1 aromatic carbocycles. The van der Waals surface area contributed by atoms with E-state index in [9.17, 15) is 4.79 Å². The molecule has 1 atom stereocenters. The van der Waals surface area contributed by atoms with Crippen molar-refractivity contribution in [1.82, 2.24) is 15.2 Å². The molecule has 0 bridgehead atoms. The number of benzene rings is 1. The van der Waals surface area contributed by atoms with Crippen LogP contribution in [0, 0.1) is 6.92 Å². The van der Waals surface area contributed by atoms with Crippen LogP contribution in [0.3, 0.4) is 0 Å². The SMILES string of the molecule is Cc1nn(C)cc1/C=N\NC(=O)[C@@H](C)Nc1cccc(Cl)c1. The van der Waals surface area contributed by atoms with Gasteiger partial charge in [-0.05, 0) is 32.0 Å². The van der Waals surface area contributed by atoms with Crippen molar-refractivity contribution in [2.75, 3.05) is 5.32 Å². The van der Waals surface area contributed by atoms with Crippen LogP contribution in [-0.4, -0.2) is 27.9 Å². The highest BCUT2D eigenvalue weighted by atomic mass is 35.5. The largest absolute Gasteiger partial charge is 0.374 e. The van der Waals surface area contributed by atoms with Crippen LogP contribution in [0.1, 0.15) is 18.2 Å². The van der Waals surface area contributed by atoms with E-state index in [0.717, 1.165) is 16.9 Å². The molecule has 0 unspecified atom stereocenters. The summed E-state index contributed by atoms with van der Waals surface area (Å²) in [4.78, 5) is 12.0. The molecule has 0 aliphatic carbocycles. The Hall–Kier alpha value is -2.34. The van der Waals surface area contributed by atoms with Gasteiger partial charge in [-0.1, -0.05) is 17.7 Å². The summed E-state index contributed by atoms with van der Waals surface area (Å²) in [6, 6.07) is 6.76. The summed E-state index contributed by atoms with van der Waals surface area (Å²) in [5, 5.41) is 11.8.